The molecule has 0 radical (unpaired) electrons. The first kappa shape index (κ1) is 14.5. The highest BCUT2D eigenvalue weighted by Gasteiger charge is 2.28. The third-order valence-electron chi connectivity index (χ3n) is 3.68. The van der Waals surface area contributed by atoms with Crippen LogP contribution in [0.1, 0.15) is 22.0 Å². The molecular formula is C17H13N5OS. The molecule has 0 aliphatic carbocycles. The SMILES string of the molecule is Nc1cc(C2=NC(c3cccs3)C(=O)Nc3ncccc32)ccn1. The van der Waals surface area contributed by atoms with Crippen LogP contribution >= 0.6 is 11.3 Å². The van der Waals surface area contributed by atoms with Crippen LogP contribution in [0.2, 0.25) is 0 Å². The molecule has 1 amide bonds. The molecule has 6 nitrogen and oxygen atoms in total. The Labute approximate surface area is 142 Å². The molecule has 3 aromatic heterocycles. The fourth-order valence-electron chi connectivity index (χ4n) is 2.60. The molecule has 0 saturated heterocycles. The lowest BCUT2D eigenvalue weighted by atomic mass is 10.0. The summed E-state index contributed by atoms with van der Waals surface area (Å²) in [5.74, 6) is 0.696. The Morgan fingerprint density at radius 1 is 1.12 bits per heavy atom. The lowest BCUT2D eigenvalue weighted by molar-refractivity contribution is -0.117. The van der Waals surface area contributed by atoms with Gasteiger partial charge in [0.25, 0.3) is 5.91 Å². The van der Waals surface area contributed by atoms with E-state index in [0.29, 0.717) is 17.3 Å². The van der Waals surface area contributed by atoms with E-state index in [1.165, 1.54) is 11.3 Å². The van der Waals surface area contributed by atoms with Gasteiger partial charge in [0, 0.05) is 28.4 Å². The van der Waals surface area contributed by atoms with Gasteiger partial charge in [-0.05, 0) is 35.7 Å². The molecule has 1 aliphatic heterocycles. The quantitative estimate of drug-likeness (QED) is 0.753. The van der Waals surface area contributed by atoms with Gasteiger partial charge in [-0.15, -0.1) is 11.3 Å². The standard InChI is InChI=1S/C17H13N5OS/c18-13-9-10(5-7-19-13)14-11-3-1-6-20-16(11)22-17(23)15(21-14)12-4-2-8-24-12/h1-9,15H,(H2,18,19)(H,20,22,23). The maximum absolute atomic E-state index is 12.6. The number of nitrogens with one attached hydrogen (secondary N) is 1. The van der Waals surface area contributed by atoms with E-state index in [2.05, 4.69) is 15.3 Å². The van der Waals surface area contributed by atoms with Crippen LogP contribution in [0.25, 0.3) is 0 Å². The van der Waals surface area contributed by atoms with Crippen LogP contribution in [0.3, 0.4) is 0 Å². The zero-order chi connectivity index (χ0) is 16.5. The van der Waals surface area contributed by atoms with E-state index in [-0.39, 0.29) is 5.91 Å². The first-order valence-electron chi connectivity index (χ1n) is 7.32. The number of aromatic nitrogens is 2. The van der Waals surface area contributed by atoms with Crippen molar-refractivity contribution < 1.29 is 4.79 Å². The molecule has 0 fully saturated rings. The number of amides is 1. The van der Waals surface area contributed by atoms with E-state index >= 15 is 0 Å². The molecule has 3 aromatic rings. The number of rotatable bonds is 2. The van der Waals surface area contributed by atoms with E-state index in [0.717, 1.165) is 16.0 Å². The summed E-state index contributed by atoms with van der Waals surface area (Å²) in [7, 11) is 0. The van der Waals surface area contributed by atoms with Gasteiger partial charge in [0.1, 0.15) is 11.6 Å². The van der Waals surface area contributed by atoms with Crippen molar-refractivity contribution in [3.8, 4) is 0 Å². The molecule has 24 heavy (non-hydrogen) atoms. The summed E-state index contributed by atoms with van der Waals surface area (Å²) in [6.45, 7) is 0. The van der Waals surface area contributed by atoms with Gasteiger partial charge in [0.05, 0.1) is 5.71 Å². The van der Waals surface area contributed by atoms with Gasteiger partial charge >= 0.3 is 0 Å². The maximum atomic E-state index is 12.6. The number of fused-ring (bicyclic) bond motifs is 1. The summed E-state index contributed by atoms with van der Waals surface area (Å²) >= 11 is 1.50. The molecule has 118 valence electrons. The Morgan fingerprint density at radius 3 is 2.83 bits per heavy atom. The molecule has 1 aliphatic rings. The van der Waals surface area contributed by atoms with Crippen LogP contribution in [-0.2, 0) is 4.79 Å². The highest BCUT2D eigenvalue weighted by Crippen LogP contribution is 2.30. The van der Waals surface area contributed by atoms with Crippen molar-refractivity contribution in [2.75, 3.05) is 11.1 Å². The van der Waals surface area contributed by atoms with Crippen molar-refractivity contribution in [1.82, 2.24) is 9.97 Å². The average molecular weight is 335 g/mol. The van der Waals surface area contributed by atoms with Gasteiger partial charge in [0.2, 0.25) is 0 Å². The van der Waals surface area contributed by atoms with E-state index in [1.54, 1.807) is 18.5 Å². The molecule has 1 unspecified atom stereocenters. The first-order valence-corrected chi connectivity index (χ1v) is 8.20. The molecule has 3 N–H and O–H groups in total. The predicted octanol–water partition coefficient (Wildman–Crippen LogP) is 2.65. The number of nitrogen functional groups attached to an aromatic ring is 1. The van der Waals surface area contributed by atoms with Gasteiger partial charge in [-0.2, -0.15) is 0 Å². The van der Waals surface area contributed by atoms with Crippen molar-refractivity contribution in [3.63, 3.8) is 0 Å². The van der Waals surface area contributed by atoms with E-state index in [1.807, 2.05) is 35.7 Å². The fraction of sp³-hybridized carbons (Fsp3) is 0.0588. The molecule has 0 saturated carbocycles. The van der Waals surface area contributed by atoms with Crippen molar-refractivity contribution >= 4 is 34.6 Å². The largest absolute Gasteiger partial charge is 0.384 e. The lowest BCUT2D eigenvalue weighted by Crippen LogP contribution is -2.18. The third-order valence-corrected chi connectivity index (χ3v) is 4.60. The smallest absolute Gasteiger partial charge is 0.255 e. The summed E-state index contributed by atoms with van der Waals surface area (Å²) in [6, 6.07) is 10.5. The molecule has 0 bridgehead atoms. The van der Waals surface area contributed by atoms with E-state index in [4.69, 9.17) is 10.7 Å². The molecule has 7 heteroatoms. The van der Waals surface area contributed by atoms with Crippen LogP contribution in [-0.4, -0.2) is 21.6 Å². The Bertz CT molecular complexity index is 936. The molecular weight excluding hydrogens is 322 g/mol. The Morgan fingerprint density at radius 2 is 2.04 bits per heavy atom. The molecule has 0 spiro atoms. The molecule has 4 rings (SSSR count). The second-order valence-electron chi connectivity index (χ2n) is 5.25. The monoisotopic (exact) mass is 335 g/mol. The number of carbonyl (C=O) groups excluding carboxylic acids is 1. The number of hydrogen-bond donors (Lipinski definition) is 2. The number of hydrogen-bond acceptors (Lipinski definition) is 6. The number of nitrogens with zero attached hydrogens (tertiary/aromatic N) is 3. The van der Waals surface area contributed by atoms with Gasteiger partial charge in [-0.25, -0.2) is 9.97 Å². The number of anilines is 2. The average Bonchev–Trinajstić information content (AvgIpc) is 3.06. The summed E-state index contributed by atoms with van der Waals surface area (Å²) in [5.41, 5.74) is 8.05. The summed E-state index contributed by atoms with van der Waals surface area (Å²) in [5, 5.41) is 4.80. The van der Waals surface area contributed by atoms with Gasteiger partial charge in [-0.3, -0.25) is 9.79 Å². The van der Waals surface area contributed by atoms with Gasteiger partial charge < -0.3 is 11.1 Å². The van der Waals surface area contributed by atoms with Crippen LogP contribution in [0.4, 0.5) is 11.6 Å². The number of thiophene rings is 1. The number of nitrogens with two attached hydrogens (primary N) is 1. The second-order valence-corrected chi connectivity index (χ2v) is 6.23. The summed E-state index contributed by atoms with van der Waals surface area (Å²) in [6.07, 6.45) is 3.27. The zero-order valence-corrected chi connectivity index (χ0v) is 13.3. The third kappa shape index (κ3) is 2.55. The van der Waals surface area contributed by atoms with Crippen molar-refractivity contribution in [3.05, 3.63) is 70.2 Å². The van der Waals surface area contributed by atoms with Crippen molar-refractivity contribution in [2.24, 2.45) is 4.99 Å². The zero-order valence-electron chi connectivity index (χ0n) is 12.5. The highest BCUT2D eigenvalue weighted by molar-refractivity contribution is 7.10. The maximum Gasteiger partial charge on any atom is 0.255 e. The Hall–Kier alpha value is -3.06. The Kier molecular flexibility index (Phi) is 3.55. The lowest BCUT2D eigenvalue weighted by Gasteiger charge is -2.09. The highest BCUT2D eigenvalue weighted by atomic mass is 32.1. The number of pyridine rings is 2. The minimum absolute atomic E-state index is 0.200. The van der Waals surface area contributed by atoms with Crippen LogP contribution in [0.5, 0.6) is 0 Å². The van der Waals surface area contributed by atoms with Crippen LogP contribution < -0.4 is 11.1 Å². The van der Waals surface area contributed by atoms with Gasteiger partial charge in [-0.1, -0.05) is 6.07 Å². The minimum Gasteiger partial charge on any atom is -0.384 e. The minimum atomic E-state index is -0.622. The normalized spacial score (nSPS) is 16.8. The second kappa shape index (κ2) is 5.86. The van der Waals surface area contributed by atoms with Crippen LogP contribution in [0, 0.1) is 0 Å². The fourth-order valence-corrected chi connectivity index (χ4v) is 3.36. The van der Waals surface area contributed by atoms with Gasteiger partial charge in [0.15, 0.2) is 6.04 Å². The predicted molar refractivity (Wildman–Crippen MR) is 94.2 cm³/mol. The molecule has 0 aromatic carbocycles. The number of carbonyl (C=O) groups is 1. The van der Waals surface area contributed by atoms with E-state index < -0.39 is 6.04 Å². The topological polar surface area (TPSA) is 93.3 Å². The molecule has 4 heterocycles. The summed E-state index contributed by atoms with van der Waals surface area (Å²) in [4.78, 5) is 26.6. The first-order chi connectivity index (χ1) is 11.7. The molecule has 1 atom stereocenters. The Balaban J connectivity index is 1.94. The van der Waals surface area contributed by atoms with Crippen molar-refractivity contribution in [2.45, 2.75) is 6.04 Å². The summed E-state index contributed by atoms with van der Waals surface area (Å²) < 4.78 is 0. The van der Waals surface area contributed by atoms with E-state index in [9.17, 15) is 4.79 Å². The number of aliphatic imine (C=N–C) groups is 1. The van der Waals surface area contributed by atoms with Crippen molar-refractivity contribution in [1.29, 1.82) is 0 Å². The van der Waals surface area contributed by atoms with Crippen LogP contribution in [0.15, 0.2) is 59.2 Å².